The lowest BCUT2D eigenvalue weighted by Crippen LogP contribution is -2.28. The first kappa shape index (κ1) is 17.8. The maximum Gasteiger partial charge on any atom is 0.244 e. The van der Waals surface area contributed by atoms with Crippen LogP contribution in [0.25, 0.3) is 6.08 Å². The molecule has 3 rings (SSSR count). The SMILES string of the molecule is Cc1ccc(C(NC(=O)/C=C/c2ccc(OCC#N)cc2)C2CC2)cc1. The zero-order valence-corrected chi connectivity index (χ0v) is 14.8. The molecule has 0 aromatic heterocycles. The van der Waals surface area contributed by atoms with Gasteiger partial charge < -0.3 is 10.1 Å². The molecule has 0 radical (unpaired) electrons. The van der Waals surface area contributed by atoms with E-state index in [0.717, 1.165) is 18.4 Å². The van der Waals surface area contributed by atoms with Gasteiger partial charge in [-0.05, 0) is 55.0 Å². The van der Waals surface area contributed by atoms with Gasteiger partial charge in [0.05, 0.1) is 6.04 Å². The second kappa shape index (κ2) is 8.35. The van der Waals surface area contributed by atoms with Crippen LogP contribution < -0.4 is 10.1 Å². The van der Waals surface area contributed by atoms with Crippen LogP contribution in [0, 0.1) is 24.2 Å². The number of hydrogen-bond acceptors (Lipinski definition) is 3. The average Bonchev–Trinajstić information content (AvgIpc) is 3.49. The van der Waals surface area contributed by atoms with Gasteiger partial charge in [-0.3, -0.25) is 4.79 Å². The van der Waals surface area contributed by atoms with Crippen molar-refractivity contribution in [2.45, 2.75) is 25.8 Å². The number of rotatable bonds is 7. The molecule has 1 atom stereocenters. The van der Waals surface area contributed by atoms with E-state index in [0.29, 0.717) is 11.7 Å². The largest absolute Gasteiger partial charge is 0.479 e. The molecule has 0 heterocycles. The molecule has 26 heavy (non-hydrogen) atoms. The minimum absolute atomic E-state index is 0.0269. The predicted octanol–water partition coefficient (Wildman–Crippen LogP) is 4.18. The number of aryl methyl sites for hydroxylation is 1. The molecule has 1 N–H and O–H groups in total. The van der Waals surface area contributed by atoms with Gasteiger partial charge in [-0.2, -0.15) is 5.26 Å². The van der Waals surface area contributed by atoms with Crippen LogP contribution in [0.5, 0.6) is 5.75 Å². The summed E-state index contributed by atoms with van der Waals surface area (Å²) in [6.45, 7) is 2.09. The zero-order valence-electron chi connectivity index (χ0n) is 14.8. The van der Waals surface area contributed by atoms with Gasteiger partial charge in [0.25, 0.3) is 0 Å². The number of hydrogen-bond donors (Lipinski definition) is 1. The molecule has 0 spiro atoms. The summed E-state index contributed by atoms with van der Waals surface area (Å²) in [6, 6.07) is 17.7. The molecule has 1 fully saturated rings. The van der Waals surface area contributed by atoms with Crippen molar-refractivity contribution in [2.24, 2.45) is 5.92 Å². The third-order valence-corrected chi connectivity index (χ3v) is 4.44. The molecular weight excluding hydrogens is 324 g/mol. The monoisotopic (exact) mass is 346 g/mol. The second-order valence-corrected chi connectivity index (χ2v) is 6.58. The van der Waals surface area contributed by atoms with E-state index in [1.165, 1.54) is 11.1 Å². The number of nitriles is 1. The molecule has 132 valence electrons. The lowest BCUT2D eigenvalue weighted by Gasteiger charge is -2.18. The van der Waals surface area contributed by atoms with Gasteiger partial charge in [0, 0.05) is 6.08 Å². The Labute approximate surface area is 154 Å². The smallest absolute Gasteiger partial charge is 0.244 e. The summed E-state index contributed by atoms with van der Waals surface area (Å²) in [4.78, 5) is 12.3. The van der Waals surface area contributed by atoms with Crippen molar-refractivity contribution < 1.29 is 9.53 Å². The van der Waals surface area contributed by atoms with Crippen LogP contribution in [-0.4, -0.2) is 12.5 Å². The second-order valence-electron chi connectivity index (χ2n) is 6.58. The fourth-order valence-electron chi connectivity index (χ4n) is 2.84. The molecule has 2 aromatic carbocycles. The summed E-state index contributed by atoms with van der Waals surface area (Å²) >= 11 is 0. The Balaban J connectivity index is 1.60. The van der Waals surface area contributed by atoms with Gasteiger partial charge in [0.15, 0.2) is 6.61 Å². The van der Waals surface area contributed by atoms with Gasteiger partial charge >= 0.3 is 0 Å². The van der Waals surface area contributed by atoms with Crippen molar-refractivity contribution in [1.29, 1.82) is 5.26 Å². The van der Waals surface area contributed by atoms with Crippen molar-refractivity contribution in [1.82, 2.24) is 5.32 Å². The highest BCUT2D eigenvalue weighted by atomic mass is 16.5. The summed E-state index contributed by atoms with van der Waals surface area (Å²) in [5.41, 5.74) is 3.29. The van der Waals surface area contributed by atoms with Crippen LogP contribution in [0.15, 0.2) is 54.6 Å². The maximum atomic E-state index is 12.3. The average molecular weight is 346 g/mol. The Bertz CT molecular complexity index is 813. The molecule has 0 bridgehead atoms. The quantitative estimate of drug-likeness (QED) is 0.765. The molecule has 2 aromatic rings. The van der Waals surface area contributed by atoms with E-state index in [1.54, 1.807) is 24.3 Å². The Morgan fingerprint density at radius 1 is 1.23 bits per heavy atom. The van der Waals surface area contributed by atoms with Crippen LogP contribution in [0.2, 0.25) is 0 Å². The molecule has 1 amide bonds. The van der Waals surface area contributed by atoms with Crippen molar-refractivity contribution in [3.8, 4) is 11.8 Å². The lowest BCUT2D eigenvalue weighted by atomic mass is 10.0. The minimum atomic E-state index is -0.0905. The molecular formula is C22H22N2O2. The number of benzene rings is 2. The fraction of sp³-hybridized carbons (Fsp3) is 0.273. The normalized spacial score (nSPS) is 14.6. The molecule has 1 saturated carbocycles. The summed E-state index contributed by atoms with van der Waals surface area (Å²) in [5, 5.41) is 11.6. The third kappa shape index (κ3) is 4.97. The molecule has 1 unspecified atom stereocenters. The number of carbonyl (C=O) groups is 1. The van der Waals surface area contributed by atoms with Gasteiger partial charge in [-0.15, -0.1) is 0 Å². The topological polar surface area (TPSA) is 62.1 Å². The van der Waals surface area contributed by atoms with Crippen molar-refractivity contribution >= 4 is 12.0 Å². The van der Waals surface area contributed by atoms with Crippen LogP contribution >= 0.6 is 0 Å². The Morgan fingerprint density at radius 3 is 2.54 bits per heavy atom. The highest BCUT2D eigenvalue weighted by Gasteiger charge is 2.32. The van der Waals surface area contributed by atoms with E-state index < -0.39 is 0 Å². The van der Waals surface area contributed by atoms with Gasteiger partial charge in [-0.1, -0.05) is 42.0 Å². The Hall–Kier alpha value is -3.06. The van der Waals surface area contributed by atoms with E-state index in [2.05, 4.69) is 36.5 Å². The Kier molecular flexibility index (Phi) is 5.70. The number of ether oxygens (including phenoxy) is 1. The van der Waals surface area contributed by atoms with Crippen LogP contribution in [0.1, 0.15) is 35.6 Å². The molecule has 1 aliphatic rings. The predicted molar refractivity (Wildman–Crippen MR) is 101 cm³/mol. The standard InChI is InChI=1S/C22H22N2O2/c1-16-2-7-18(8-3-16)22(19-9-10-19)24-21(25)13-6-17-4-11-20(12-5-17)26-15-14-23/h2-8,11-13,19,22H,9-10,15H2,1H3,(H,24,25)/b13-6+. The summed E-state index contributed by atoms with van der Waals surface area (Å²) in [6.07, 6.45) is 5.66. The van der Waals surface area contributed by atoms with Crippen LogP contribution in [0.4, 0.5) is 0 Å². The summed E-state index contributed by atoms with van der Waals surface area (Å²) in [5.74, 6) is 1.08. The van der Waals surface area contributed by atoms with Gasteiger partial charge in [0.1, 0.15) is 11.8 Å². The highest BCUT2D eigenvalue weighted by Crippen LogP contribution is 2.41. The van der Waals surface area contributed by atoms with E-state index in [1.807, 2.05) is 18.2 Å². The van der Waals surface area contributed by atoms with Crippen molar-refractivity contribution in [3.63, 3.8) is 0 Å². The highest BCUT2D eigenvalue weighted by molar-refractivity contribution is 5.92. The first-order valence-corrected chi connectivity index (χ1v) is 8.80. The van der Waals surface area contributed by atoms with Crippen molar-refractivity contribution in [3.05, 3.63) is 71.3 Å². The van der Waals surface area contributed by atoms with Crippen molar-refractivity contribution in [2.75, 3.05) is 6.61 Å². The molecule has 0 saturated heterocycles. The minimum Gasteiger partial charge on any atom is -0.479 e. The first-order valence-electron chi connectivity index (χ1n) is 8.80. The summed E-state index contributed by atoms with van der Waals surface area (Å²) in [7, 11) is 0. The lowest BCUT2D eigenvalue weighted by molar-refractivity contribution is -0.117. The van der Waals surface area contributed by atoms with Gasteiger partial charge in [-0.25, -0.2) is 0 Å². The molecule has 4 heteroatoms. The van der Waals surface area contributed by atoms with E-state index in [-0.39, 0.29) is 18.6 Å². The number of carbonyl (C=O) groups excluding carboxylic acids is 1. The van der Waals surface area contributed by atoms with Crippen LogP contribution in [-0.2, 0) is 4.79 Å². The number of amides is 1. The van der Waals surface area contributed by atoms with E-state index in [9.17, 15) is 4.79 Å². The molecule has 0 aliphatic heterocycles. The first-order chi connectivity index (χ1) is 12.7. The molecule has 1 aliphatic carbocycles. The molecule has 4 nitrogen and oxygen atoms in total. The number of nitrogens with zero attached hydrogens (tertiary/aromatic N) is 1. The number of nitrogens with one attached hydrogen (secondary N) is 1. The summed E-state index contributed by atoms with van der Waals surface area (Å²) < 4.78 is 5.21. The maximum absolute atomic E-state index is 12.3. The van der Waals surface area contributed by atoms with Crippen LogP contribution in [0.3, 0.4) is 0 Å². The van der Waals surface area contributed by atoms with Gasteiger partial charge in [0.2, 0.25) is 5.91 Å². The van der Waals surface area contributed by atoms with E-state index in [4.69, 9.17) is 10.00 Å². The van der Waals surface area contributed by atoms with E-state index >= 15 is 0 Å². The third-order valence-electron chi connectivity index (χ3n) is 4.44. The zero-order chi connectivity index (χ0) is 18.4. The Morgan fingerprint density at radius 2 is 1.92 bits per heavy atom. The fourth-order valence-corrected chi connectivity index (χ4v) is 2.84.